The number of hydrogen-bond donors (Lipinski definition) is 3. The van der Waals surface area contributed by atoms with E-state index in [9.17, 15) is 0 Å². The zero-order chi connectivity index (χ0) is 8.55. The van der Waals surface area contributed by atoms with E-state index in [2.05, 4.69) is 11.1 Å². The summed E-state index contributed by atoms with van der Waals surface area (Å²) in [6.45, 7) is 0. The van der Waals surface area contributed by atoms with E-state index in [1.165, 1.54) is 0 Å². The first kappa shape index (κ1) is 7.64. The van der Waals surface area contributed by atoms with Gasteiger partial charge in [-0.15, -0.1) is 0 Å². The Hall–Kier alpha value is -0.995. The maximum atomic E-state index is 8.87. The van der Waals surface area contributed by atoms with E-state index in [1.54, 1.807) is 6.07 Å². The van der Waals surface area contributed by atoms with Crippen LogP contribution in [0, 0.1) is 0 Å². The van der Waals surface area contributed by atoms with Gasteiger partial charge in [0, 0.05) is 11.3 Å². The summed E-state index contributed by atoms with van der Waals surface area (Å²) < 4.78 is 0. The Labute approximate surface area is 70.9 Å². The van der Waals surface area contributed by atoms with Gasteiger partial charge in [0.1, 0.15) is 0 Å². The van der Waals surface area contributed by atoms with Crippen LogP contribution in [0.5, 0.6) is 0 Å². The van der Waals surface area contributed by atoms with Crippen LogP contribution in [0.2, 0.25) is 0 Å². The summed E-state index contributed by atoms with van der Waals surface area (Å²) in [5.41, 5.74) is 2.65. The molecule has 0 amide bonds. The summed E-state index contributed by atoms with van der Waals surface area (Å²) >= 11 is 0. The van der Waals surface area contributed by atoms with Crippen LogP contribution in [-0.2, 0) is 6.42 Å². The molecule has 0 aromatic carbocycles. The van der Waals surface area contributed by atoms with Crippen LogP contribution in [0.15, 0.2) is 12.1 Å². The lowest BCUT2D eigenvalue weighted by atomic mass is 9.86. The summed E-state index contributed by atoms with van der Waals surface area (Å²) in [6, 6.07) is 1.77. The molecule has 0 radical (unpaired) electrons. The summed E-state index contributed by atoms with van der Waals surface area (Å²) in [5.74, 6) is 0. The second-order valence-corrected chi connectivity index (χ2v) is 2.97. The number of aryl methyl sites for hydroxylation is 1. The van der Waals surface area contributed by atoms with Crippen molar-refractivity contribution in [2.45, 2.75) is 12.8 Å². The highest BCUT2D eigenvalue weighted by atomic mass is 16.4. The Balaban J connectivity index is 2.39. The van der Waals surface area contributed by atoms with Gasteiger partial charge in [-0.25, -0.2) is 0 Å². The predicted molar refractivity (Wildman–Crippen MR) is 48.0 cm³/mol. The largest absolute Gasteiger partial charge is 0.505 e. The van der Waals surface area contributed by atoms with Gasteiger partial charge in [0.2, 0.25) is 0 Å². The molecule has 0 atom stereocenters. The Morgan fingerprint density at radius 2 is 2.25 bits per heavy atom. The minimum Gasteiger partial charge on any atom is -0.422 e. The van der Waals surface area contributed by atoms with Crippen LogP contribution >= 0.6 is 0 Å². The van der Waals surface area contributed by atoms with Gasteiger partial charge in [-0.1, -0.05) is 12.2 Å². The van der Waals surface area contributed by atoms with E-state index >= 15 is 0 Å². The van der Waals surface area contributed by atoms with Gasteiger partial charge in [0.25, 0.3) is 0 Å². The summed E-state index contributed by atoms with van der Waals surface area (Å²) in [6.07, 6.45) is 6.07. The molecular weight excluding hydrogens is 153 g/mol. The molecule has 62 valence electrons. The first-order chi connectivity index (χ1) is 5.77. The van der Waals surface area contributed by atoms with E-state index in [0.717, 1.165) is 24.1 Å². The molecule has 3 N–H and O–H groups in total. The highest BCUT2D eigenvalue weighted by molar-refractivity contribution is 6.57. The van der Waals surface area contributed by atoms with Gasteiger partial charge in [-0.05, 0) is 24.5 Å². The number of H-pyrrole nitrogens is 1. The van der Waals surface area contributed by atoms with Crippen molar-refractivity contribution < 1.29 is 10.0 Å². The van der Waals surface area contributed by atoms with Gasteiger partial charge >= 0.3 is 7.12 Å². The molecule has 0 fully saturated rings. The van der Waals surface area contributed by atoms with Crippen molar-refractivity contribution in [3.05, 3.63) is 23.4 Å². The van der Waals surface area contributed by atoms with Crippen LogP contribution in [-0.4, -0.2) is 22.2 Å². The number of aromatic amines is 1. The van der Waals surface area contributed by atoms with Crippen molar-refractivity contribution in [2.24, 2.45) is 0 Å². The minimum absolute atomic E-state index is 0.478. The third-order valence-electron chi connectivity index (χ3n) is 2.09. The molecule has 1 aliphatic rings. The first-order valence-electron chi connectivity index (χ1n) is 4.02. The molecule has 0 saturated heterocycles. The molecule has 0 unspecified atom stereocenters. The summed E-state index contributed by atoms with van der Waals surface area (Å²) in [4.78, 5) is 2.98. The van der Waals surface area contributed by atoms with E-state index in [4.69, 9.17) is 10.0 Å². The monoisotopic (exact) mass is 163 g/mol. The zero-order valence-electron chi connectivity index (χ0n) is 6.62. The standard InChI is InChI=1S/C8H10BNO2/c11-9(12)8-5-6-3-1-2-4-7(6)10-8/h1,3,5,10-12H,2,4H2. The highest BCUT2D eigenvalue weighted by Gasteiger charge is 2.16. The molecule has 1 heterocycles. The minimum atomic E-state index is -1.39. The smallest absolute Gasteiger partial charge is 0.422 e. The molecule has 12 heavy (non-hydrogen) atoms. The molecule has 0 bridgehead atoms. The molecule has 3 nitrogen and oxygen atoms in total. The Morgan fingerprint density at radius 1 is 1.42 bits per heavy atom. The average Bonchev–Trinajstić information content (AvgIpc) is 2.46. The first-order valence-corrected chi connectivity index (χ1v) is 4.02. The third-order valence-corrected chi connectivity index (χ3v) is 2.09. The molecule has 0 saturated carbocycles. The van der Waals surface area contributed by atoms with Crippen molar-refractivity contribution in [1.82, 2.24) is 4.98 Å². The van der Waals surface area contributed by atoms with Crippen molar-refractivity contribution in [3.63, 3.8) is 0 Å². The fourth-order valence-electron chi connectivity index (χ4n) is 1.47. The Bertz CT molecular complexity index is 317. The van der Waals surface area contributed by atoms with E-state index in [0.29, 0.717) is 5.59 Å². The van der Waals surface area contributed by atoms with Gasteiger partial charge in [-0.2, -0.15) is 0 Å². The van der Waals surface area contributed by atoms with Crippen LogP contribution in [0.25, 0.3) is 6.08 Å². The average molecular weight is 163 g/mol. The number of aromatic nitrogens is 1. The second kappa shape index (κ2) is 2.81. The van der Waals surface area contributed by atoms with E-state index in [1.807, 2.05) is 6.08 Å². The quantitative estimate of drug-likeness (QED) is 0.495. The zero-order valence-corrected chi connectivity index (χ0v) is 6.62. The second-order valence-electron chi connectivity index (χ2n) is 2.97. The van der Waals surface area contributed by atoms with Crippen molar-refractivity contribution >= 4 is 18.8 Å². The number of allylic oxidation sites excluding steroid dienone is 1. The predicted octanol–water partition coefficient (Wildman–Crippen LogP) is -0.346. The number of hydrogen-bond acceptors (Lipinski definition) is 2. The molecule has 2 rings (SSSR count). The van der Waals surface area contributed by atoms with Crippen LogP contribution in [0.4, 0.5) is 0 Å². The van der Waals surface area contributed by atoms with E-state index in [-0.39, 0.29) is 0 Å². The molecular formula is C8H10BNO2. The Morgan fingerprint density at radius 3 is 2.92 bits per heavy atom. The molecule has 4 heteroatoms. The molecule has 0 aliphatic heterocycles. The van der Waals surface area contributed by atoms with Crippen LogP contribution in [0.3, 0.4) is 0 Å². The lowest BCUT2D eigenvalue weighted by molar-refractivity contribution is 0.424. The highest BCUT2D eigenvalue weighted by Crippen LogP contribution is 2.15. The number of fused-ring (bicyclic) bond motifs is 1. The lowest BCUT2D eigenvalue weighted by Crippen LogP contribution is -2.30. The topological polar surface area (TPSA) is 56.2 Å². The maximum Gasteiger partial charge on any atom is 0.505 e. The van der Waals surface area contributed by atoms with Crippen molar-refractivity contribution in [2.75, 3.05) is 0 Å². The fraction of sp³-hybridized carbons (Fsp3) is 0.250. The van der Waals surface area contributed by atoms with Crippen molar-refractivity contribution in [1.29, 1.82) is 0 Å². The van der Waals surface area contributed by atoms with Crippen molar-refractivity contribution in [3.8, 4) is 0 Å². The normalized spacial score (nSPS) is 14.5. The summed E-state index contributed by atoms with van der Waals surface area (Å²) in [7, 11) is -1.39. The molecule has 1 aromatic heterocycles. The number of nitrogens with one attached hydrogen (secondary N) is 1. The summed E-state index contributed by atoms with van der Waals surface area (Å²) in [5, 5.41) is 17.7. The van der Waals surface area contributed by atoms with Crippen LogP contribution < -0.4 is 5.59 Å². The molecule has 0 spiro atoms. The fourth-order valence-corrected chi connectivity index (χ4v) is 1.47. The molecule has 1 aliphatic carbocycles. The Kier molecular flexibility index (Phi) is 1.79. The SMILES string of the molecule is OB(O)c1cc2c([nH]1)CCC=C2. The lowest BCUT2D eigenvalue weighted by Gasteiger charge is -2.02. The van der Waals surface area contributed by atoms with Crippen LogP contribution in [0.1, 0.15) is 17.7 Å². The number of rotatable bonds is 1. The third kappa shape index (κ3) is 1.19. The van der Waals surface area contributed by atoms with Gasteiger partial charge in [0.05, 0.1) is 0 Å². The maximum absolute atomic E-state index is 8.87. The van der Waals surface area contributed by atoms with Gasteiger partial charge in [0.15, 0.2) is 0 Å². The van der Waals surface area contributed by atoms with Gasteiger partial charge in [-0.3, -0.25) is 0 Å². The van der Waals surface area contributed by atoms with Gasteiger partial charge < -0.3 is 15.0 Å². The van der Waals surface area contributed by atoms with E-state index < -0.39 is 7.12 Å². The molecule has 1 aromatic rings.